The molecule has 0 saturated carbocycles. The number of rotatable bonds is 2. The van der Waals surface area contributed by atoms with Gasteiger partial charge in [0.15, 0.2) is 0 Å². The molecule has 2 nitrogen and oxygen atoms in total. The predicted molar refractivity (Wildman–Crippen MR) is 81.6 cm³/mol. The summed E-state index contributed by atoms with van der Waals surface area (Å²) in [6.07, 6.45) is 4.39. The standard InChI is InChI=1S/C10H21NOP4/c1-7-6-11-8(3-2-4-10(11)12)5-9(7)16(14)15-13/h7-9,15H,2-6,13-14H2,1H3/t7-,8?,9-,16?/m0/s1. The number of piperidine rings is 2. The molecule has 0 N–H and O–H groups in total. The number of carbonyl (C=O) groups excluding carboxylic acids is 1. The van der Waals surface area contributed by atoms with Crippen molar-refractivity contribution in [2.24, 2.45) is 5.92 Å². The summed E-state index contributed by atoms with van der Waals surface area (Å²) in [5.74, 6) is 1.10. The molecule has 0 aromatic carbocycles. The van der Waals surface area contributed by atoms with E-state index in [1.807, 2.05) is 0 Å². The van der Waals surface area contributed by atoms with Crippen LogP contribution in [-0.2, 0) is 4.79 Å². The maximum Gasteiger partial charge on any atom is 0.222 e. The molecule has 2 heterocycles. The van der Waals surface area contributed by atoms with Crippen LogP contribution in [0.1, 0.15) is 32.6 Å². The van der Waals surface area contributed by atoms with Crippen LogP contribution >= 0.6 is 33.1 Å². The minimum atomic E-state index is 0.0870. The van der Waals surface area contributed by atoms with Gasteiger partial charge in [-0.25, -0.2) is 0 Å². The summed E-state index contributed by atoms with van der Waals surface area (Å²) in [4.78, 5) is 14.0. The zero-order valence-electron chi connectivity index (χ0n) is 9.72. The predicted octanol–water partition coefficient (Wildman–Crippen LogP) is 3.43. The molecule has 0 bridgehead atoms. The molecule has 16 heavy (non-hydrogen) atoms. The summed E-state index contributed by atoms with van der Waals surface area (Å²) in [6, 6.07) is 0.564. The van der Waals surface area contributed by atoms with Crippen molar-refractivity contribution < 1.29 is 4.79 Å². The molecule has 0 aromatic rings. The average molecular weight is 295 g/mol. The van der Waals surface area contributed by atoms with Gasteiger partial charge in [-0.3, -0.25) is 4.79 Å². The highest BCUT2D eigenvalue weighted by Gasteiger charge is 2.39. The van der Waals surface area contributed by atoms with Gasteiger partial charge in [0.05, 0.1) is 0 Å². The molecule has 2 saturated heterocycles. The minimum Gasteiger partial charge on any atom is -0.339 e. The monoisotopic (exact) mass is 295 g/mol. The van der Waals surface area contributed by atoms with Crippen molar-refractivity contribution in [3.63, 3.8) is 0 Å². The van der Waals surface area contributed by atoms with Gasteiger partial charge in [0.25, 0.3) is 0 Å². The molecule has 0 aliphatic carbocycles. The topological polar surface area (TPSA) is 20.3 Å². The summed E-state index contributed by atoms with van der Waals surface area (Å²) < 4.78 is 0. The van der Waals surface area contributed by atoms with Crippen molar-refractivity contribution in [3.05, 3.63) is 0 Å². The van der Waals surface area contributed by atoms with Crippen molar-refractivity contribution in [2.45, 2.75) is 44.3 Å². The average Bonchev–Trinajstić information content (AvgIpc) is 2.29. The highest BCUT2D eigenvalue weighted by Crippen LogP contribution is 2.71. The van der Waals surface area contributed by atoms with Crippen LogP contribution in [0.15, 0.2) is 0 Å². The second-order valence-electron chi connectivity index (χ2n) is 4.91. The lowest BCUT2D eigenvalue weighted by atomic mass is 9.88. The Morgan fingerprint density at radius 2 is 2.31 bits per heavy atom. The van der Waals surface area contributed by atoms with Gasteiger partial charge in [0.1, 0.15) is 0 Å². The smallest absolute Gasteiger partial charge is 0.222 e. The van der Waals surface area contributed by atoms with Crippen molar-refractivity contribution in [3.8, 4) is 0 Å². The molecule has 2 aliphatic rings. The van der Waals surface area contributed by atoms with Gasteiger partial charge >= 0.3 is 0 Å². The van der Waals surface area contributed by atoms with Crippen molar-refractivity contribution in [2.75, 3.05) is 6.54 Å². The van der Waals surface area contributed by atoms with Crippen molar-refractivity contribution in [1.29, 1.82) is 0 Å². The third-order valence-corrected chi connectivity index (χ3v) is 15.3. The second kappa shape index (κ2) is 5.89. The van der Waals surface area contributed by atoms with Crippen LogP contribution in [0.3, 0.4) is 0 Å². The number of hydrogen-bond acceptors (Lipinski definition) is 1. The summed E-state index contributed by atoms with van der Waals surface area (Å²) in [7, 11) is 7.05. The van der Waals surface area contributed by atoms with E-state index < -0.39 is 0 Å². The molecule has 0 aromatic heterocycles. The maximum absolute atomic E-state index is 11.8. The largest absolute Gasteiger partial charge is 0.339 e. The Kier molecular flexibility index (Phi) is 5.01. The first kappa shape index (κ1) is 13.6. The van der Waals surface area contributed by atoms with Crippen molar-refractivity contribution in [1.82, 2.24) is 4.90 Å². The fourth-order valence-electron chi connectivity index (χ4n) is 2.91. The van der Waals surface area contributed by atoms with E-state index in [1.165, 1.54) is 12.8 Å². The van der Waals surface area contributed by atoms with Gasteiger partial charge in [-0.1, -0.05) is 22.2 Å². The molecule has 6 heteroatoms. The van der Waals surface area contributed by atoms with Crippen LogP contribution in [0.2, 0.25) is 0 Å². The van der Waals surface area contributed by atoms with E-state index in [4.69, 9.17) is 0 Å². The van der Waals surface area contributed by atoms with Gasteiger partial charge in [0.2, 0.25) is 5.91 Å². The SMILES string of the molecule is C[C@H]1CN2C(=O)CCCC2C[C@@H]1P(P)PP. The van der Waals surface area contributed by atoms with E-state index in [0.29, 0.717) is 17.9 Å². The first-order valence-corrected chi connectivity index (χ1v) is 12.6. The molecule has 92 valence electrons. The van der Waals surface area contributed by atoms with Gasteiger partial charge in [0, 0.05) is 19.0 Å². The molecule has 0 spiro atoms. The van der Waals surface area contributed by atoms with E-state index in [-0.39, 0.29) is 7.30 Å². The van der Waals surface area contributed by atoms with Crippen molar-refractivity contribution >= 4 is 39.0 Å². The van der Waals surface area contributed by atoms with Gasteiger partial charge in [-0.2, -0.15) is 0 Å². The lowest BCUT2D eigenvalue weighted by Gasteiger charge is -2.47. The Hall–Kier alpha value is 1.19. The third kappa shape index (κ3) is 2.78. The quantitative estimate of drug-likeness (QED) is 0.715. The molecule has 5 unspecified atom stereocenters. The Morgan fingerprint density at radius 3 is 3.00 bits per heavy atom. The lowest BCUT2D eigenvalue weighted by Crippen LogP contribution is -2.52. The highest BCUT2D eigenvalue weighted by molar-refractivity contribution is 8.61. The molecule has 1 amide bonds. The van der Waals surface area contributed by atoms with Crippen LogP contribution in [0.25, 0.3) is 0 Å². The molecule has 2 rings (SSSR count). The number of carbonyl (C=O) groups is 1. The first-order chi connectivity index (χ1) is 7.63. The Balaban J connectivity index is 2.05. The first-order valence-electron chi connectivity index (χ1n) is 5.93. The van der Waals surface area contributed by atoms with E-state index in [9.17, 15) is 4.79 Å². The molecular formula is C10H21NOP4. The zero-order chi connectivity index (χ0) is 11.7. The Bertz CT molecular complexity index is 276. The molecular weight excluding hydrogens is 274 g/mol. The molecule has 7 atom stereocenters. The van der Waals surface area contributed by atoms with Crippen LogP contribution in [0, 0.1) is 5.92 Å². The highest BCUT2D eigenvalue weighted by atomic mass is 32.6. The van der Waals surface area contributed by atoms with Crippen LogP contribution in [0.4, 0.5) is 0 Å². The normalized spacial score (nSPS) is 37.8. The van der Waals surface area contributed by atoms with Crippen LogP contribution in [-0.4, -0.2) is 29.1 Å². The molecule has 2 aliphatic heterocycles. The summed E-state index contributed by atoms with van der Waals surface area (Å²) in [6.45, 7) is 3.34. The minimum absolute atomic E-state index is 0.0870. The summed E-state index contributed by atoms with van der Waals surface area (Å²) in [5.41, 5.74) is 0.850. The lowest BCUT2D eigenvalue weighted by molar-refractivity contribution is -0.138. The van der Waals surface area contributed by atoms with Gasteiger partial charge in [-0.15, -0.1) is 17.9 Å². The van der Waals surface area contributed by atoms with E-state index in [0.717, 1.165) is 33.0 Å². The molecule has 0 radical (unpaired) electrons. The zero-order valence-corrected chi connectivity index (χ0v) is 13.9. The number of nitrogens with zero attached hydrogens (tertiary/aromatic N) is 1. The number of fused-ring (bicyclic) bond motifs is 1. The Morgan fingerprint density at radius 1 is 1.56 bits per heavy atom. The fourth-order valence-corrected chi connectivity index (χ4v) is 8.84. The van der Waals surface area contributed by atoms with Gasteiger partial charge in [-0.05, 0) is 30.8 Å². The van der Waals surface area contributed by atoms with E-state index in [1.54, 1.807) is 0 Å². The summed E-state index contributed by atoms with van der Waals surface area (Å²) >= 11 is 0. The van der Waals surface area contributed by atoms with E-state index in [2.05, 4.69) is 29.7 Å². The number of amides is 1. The fraction of sp³-hybridized carbons (Fsp3) is 0.900. The maximum atomic E-state index is 11.8. The van der Waals surface area contributed by atoms with Crippen LogP contribution in [0.5, 0.6) is 0 Å². The van der Waals surface area contributed by atoms with Gasteiger partial charge < -0.3 is 4.90 Å². The third-order valence-electron chi connectivity index (χ3n) is 3.85. The summed E-state index contributed by atoms with van der Waals surface area (Å²) in [5, 5.41) is 0. The van der Waals surface area contributed by atoms with Crippen LogP contribution < -0.4 is 0 Å². The van der Waals surface area contributed by atoms with E-state index >= 15 is 0 Å². The second-order valence-corrected chi connectivity index (χ2v) is 14.5. The molecule has 2 fully saturated rings. The number of hydrogen-bond donors (Lipinski definition) is 0. The Labute approximate surface area is 106 Å².